The first-order chi connectivity index (χ1) is 10.7. The van der Waals surface area contributed by atoms with Gasteiger partial charge in [-0.15, -0.1) is 34.5 Å². The van der Waals surface area contributed by atoms with Gasteiger partial charge >= 0.3 is 37.9 Å². The number of hydrogen-bond donors (Lipinski definition) is 0. The summed E-state index contributed by atoms with van der Waals surface area (Å²) in [7, 11) is 11.6. The molecule has 3 aromatic carbocycles. The molecule has 0 heterocycles. The zero-order valence-electron chi connectivity index (χ0n) is 12.6. The van der Waals surface area contributed by atoms with Crippen molar-refractivity contribution in [1.29, 1.82) is 0 Å². The maximum atomic E-state index is 5.21. The van der Waals surface area contributed by atoms with Crippen LogP contribution in [0.4, 0.5) is 0 Å². The molecule has 0 saturated carbocycles. The molecule has 4 heteroatoms. The Hall–Kier alpha value is -0.687. The van der Waals surface area contributed by atoms with Crippen LogP contribution in [-0.4, -0.2) is 7.11 Å². The summed E-state index contributed by atoms with van der Waals surface area (Å²) in [5.41, 5.74) is 3.93. The van der Waals surface area contributed by atoms with Crippen molar-refractivity contribution in [2.24, 2.45) is 0 Å². The number of ether oxygens (including phenoxy) is 1. The molecule has 3 rings (SSSR count). The fraction of sp³-hybridized carbons (Fsp3) is 0.167. The van der Waals surface area contributed by atoms with Crippen LogP contribution in [0.3, 0.4) is 0 Å². The maximum absolute atomic E-state index is 5.21. The molecule has 0 spiro atoms. The van der Waals surface area contributed by atoms with E-state index < -0.39 is 20.8 Å². The van der Waals surface area contributed by atoms with E-state index in [1.807, 2.05) is 12.1 Å². The van der Waals surface area contributed by atoms with Gasteiger partial charge in [0.25, 0.3) is 0 Å². The van der Waals surface area contributed by atoms with Crippen molar-refractivity contribution >= 4 is 27.8 Å². The molecule has 3 aromatic rings. The third-order valence-electron chi connectivity index (χ3n) is 3.62. The van der Waals surface area contributed by atoms with Gasteiger partial charge < -0.3 is 4.74 Å². The zero-order chi connectivity index (χ0) is 15.9. The Bertz CT molecular complexity index is 720. The molecule has 0 N–H and O–H groups in total. The predicted molar refractivity (Wildman–Crippen MR) is 92.6 cm³/mol. The summed E-state index contributed by atoms with van der Waals surface area (Å²) in [5.74, 6) is 0.896. The molecule has 0 aromatic heterocycles. The molecular weight excluding hydrogens is 394 g/mol. The normalized spacial score (nSPS) is 10.0. The van der Waals surface area contributed by atoms with Gasteiger partial charge in [-0.25, -0.2) is 0 Å². The first-order valence-electron chi connectivity index (χ1n) is 7.02. The monoisotopic (exact) mass is 409 g/mol. The van der Waals surface area contributed by atoms with Crippen LogP contribution in [0, 0.1) is 0 Å². The van der Waals surface area contributed by atoms with Crippen molar-refractivity contribution in [3.8, 4) is 16.9 Å². The van der Waals surface area contributed by atoms with Gasteiger partial charge in [0.15, 0.2) is 0 Å². The van der Waals surface area contributed by atoms with Crippen LogP contribution in [0.15, 0.2) is 54.6 Å². The molecule has 1 nitrogen and oxygen atoms in total. The van der Waals surface area contributed by atoms with E-state index in [2.05, 4.69) is 49.4 Å². The Morgan fingerprint density at radius 1 is 1.09 bits per heavy atom. The number of halogens is 2. The molecule has 22 heavy (non-hydrogen) atoms. The van der Waals surface area contributed by atoms with Gasteiger partial charge in [0.1, 0.15) is 5.75 Å². The average Bonchev–Trinajstić information content (AvgIpc) is 2.99. The first kappa shape index (κ1) is 17.7. The second-order valence-corrected chi connectivity index (χ2v) is 8.56. The Kier molecular flexibility index (Phi) is 7.08. The molecule has 0 atom stereocenters. The third-order valence-corrected chi connectivity index (χ3v) is 3.62. The zero-order valence-corrected chi connectivity index (χ0v) is 16.5. The first-order valence-corrected chi connectivity index (χ1v) is 13.4. The van der Waals surface area contributed by atoms with Crippen LogP contribution >= 0.6 is 17.0 Å². The van der Waals surface area contributed by atoms with Crippen molar-refractivity contribution < 1.29 is 25.6 Å². The predicted octanol–water partition coefficient (Wildman–Crippen LogP) is 6.17. The van der Waals surface area contributed by atoms with Crippen LogP contribution in [0.25, 0.3) is 21.9 Å². The summed E-state index contributed by atoms with van der Waals surface area (Å²) < 4.78 is 5.21. The molecule has 0 fully saturated rings. The topological polar surface area (TPSA) is 9.23 Å². The van der Waals surface area contributed by atoms with E-state index in [0.29, 0.717) is 0 Å². The Morgan fingerprint density at radius 3 is 2.36 bits per heavy atom. The number of aryl methyl sites for hydroxylation is 1. The fourth-order valence-electron chi connectivity index (χ4n) is 2.52. The van der Waals surface area contributed by atoms with Crippen molar-refractivity contribution in [2.75, 3.05) is 7.11 Å². The number of hydrogen-bond acceptors (Lipinski definition) is 1. The second-order valence-electron chi connectivity index (χ2n) is 4.83. The van der Waals surface area contributed by atoms with E-state index >= 15 is 0 Å². The molecular formula is C18H17Cl2OZr-. The van der Waals surface area contributed by atoms with Gasteiger partial charge in [-0.2, -0.15) is 6.07 Å². The summed E-state index contributed by atoms with van der Waals surface area (Å²) in [5, 5.41) is 2.66. The quantitative estimate of drug-likeness (QED) is 0.468. The number of methoxy groups -OCH3 is 1. The molecule has 0 bridgehead atoms. The van der Waals surface area contributed by atoms with Crippen molar-refractivity contribution in [1.82, 2.24) is 0 Å². The summed E-state index contributed by atoms with van der Waals surface area (Å²) in [4.78, 5) is 0. The third kappa shape index (κ3) is 4.19. The van der Waals surface area contributed by atoms with E-state index in [4.69, 9.17) is 21.8 Å². The van der Waals surface area contributed by atoms with Crippen LogP contribution in [0.5, 0.6) is 5.75 Å². The Balaban J connectivity index is 0.000000545. The molecule has 114 valence electrons. The van der Waals surface area contributed by atoms with E-state index in [-0.39, 0.29) is 0 Å². The van der Waals surface area contributed by atoms with Gasteiger partial charge in [-0.3, -0.25) is 0 Å². The van der Waals surface area contributed by atoms with Crippen molar-refractivity contribution in [2.45, 2.75) is 13.3 Å². The van der Waals surface area contributed by atoms with Crippen LogP contribution in [-0.2, 0) is 27.3 Å². The van der Waals surface area contributed by atoms with Crippen molar-refractivity contribution in [3.63, 3.8) is 0 Å². The molecule has 0 radical (unpaired) electrons. The van der Waals surface area contributed by atoms with E-state index in [1.54, 1.807) is 7.11 Å². The molecule has 0 amide bonds. The molecule has 0 aliphatic heterocycles. The summed E-state index contributed by atoms with van der Waals surface area (Å²) in [6.07, 6.45) is 1.08. The molecule has 0 saturated heterocycles. The summed E-state index contributed by atoms with van der Waals surface area (Å²) in [6.45, 7) is 2.20. The van der Waals surface area contributed by atoms with Gasteiger partial charge in [-0.1, -0.05) is 30.7 Å². The second kappa shape index (κ2) is 8.82. The summed E-state index contributed by atoms with van der Waals surface area (Å²) >= 11 is -0.826. The average molecular weight is 411 g/mol. The van der Waals surface area contributed by atoms with E-state index in [9.17, 15) is 0 Å². The van der Waals surface area contributed by atoms with E-state index in [0.717, 1.165) is 12.2 Å². The summed E-state index contributed by atoms with van der Waals surface area (Å²) in [6, 6.07) is 19.3. The number of benzene rings is 2. The Morgan fingerprint density at radius 2 is 1.77 bits per heavy atom. The van der Waals surface area contributed by atoms with Gasteiger partial charge in [-0.05, 0) is 24.1 Å². The van der Waals surface area contributed by atoms with Gasteiger partial charge in [0.2, 0.25) is 0 Å². The van der Waals surface area contributed by atoms with Crippen LogP contribution < -0.4 is 4.74 Å². The number of fused-ring (bicyclic) bond motifs is 1. The van der Waals surface area contributed by atoms with Crippen LogP contribution in [0.1, 0.15) is 12.5 Å². The fourth-order valence-corrected chi connectivity index (χ4v) is 2.52. The van der Waals surface area contributed by atoms with Gasteiger partial charge in [0.05, 0.1) is 7.11 Å². The van der Waals surface area contributed by atoms with Crippen LogP contribution in [0.2, 0.25) is 0 Å². The molecule has 0 aliphatic rings. The molecule has 0 unspecified atom stereocenters. The minimum atomic E-state index is -0.826. The Labute approximate surface area is 150 Å². The van der Waals surface area contributed by atoms with E-state index in [1.165, 1.54) is 27.5 Å². The van der Waals surface area contributed by atoms with Crippen molar-refractivity contribution in [3.05, 3.63) is 60.2 Å². The SMILES string of the molecule is CCc1cc2c(-c3ccc(OC)cc3)cccc2[cH-]1.[Cl][Zr][Cl]. The minimum absolute atomic E-state index is 0.826. The molecule has 0 aliphatic carbocycles. The van der Waals surface area contributed by atoms with Gasteiger partial charge in [0, 0.05) is 0 Å². The number of rotatable bonds is 3. The standard InChI is InChI=1S/C18H17O.2ClH.Zr/c1-3-13-11-15-5-4-6-17(18(15)12-13)14-7-9-16(19-2)10-8-14;;;/h4-12H,3H2,1-2H3;2*1H;/q-1;;;+2/p-2.